The molecule has 4 unspecified atom stereocenters. The number of carbonyl (C=O) groups is 4. The number of ether oxygens (including phenoxy) is 4. The fourth-order valence-electron chi connectivity index (χ4n) is 7.93. The van der Waals surface area contributed by atoms with E-state index in [4.69, 9.17) is 18.9 Å². The summed E-state index contributed by atoms with van der Waals surface area (Å²) in [4.78, 5) is 45.0. The van der Waals surface area contributed by atoms with Gasteiger partial charge < -0.3 is 38.7 Å². The van der Waals surface area contributed by atoms with E-state index >= 15 is 0 Å². The first kappa shape index (κ1) is 62.8. The molecule has 0 spiro atoms. The topological polar surface area (TPSA) is 151 Å². The van der Waals surface area contributed by atoms with Gasteiger partial charge >= 0.3 is 60.8 Å². The predicted octanol–water partition coefficient (Wildman–Crippen LogP) is 11.1. The maximum Gasteiger partial charge on any atom is 2.00 e. The van der Waals surface area contributed by atoms with Gasteiger partial charge in [0.25, 0.3) is 0 Å². The first-order chi connectivity index (χ1) is 31.0. The van der Waals surface area contributed by atoms with Gasteiger partial charge in [-0.25, -0.2) is 0 Å². The molecule has 10 nitrogen and oxygen atoms in total. The molecule has 0 aliphatic carbocycles. The number of hydrogen-bond donors (Lipinski definition) is 0. The number of carbonyl (C=O) groups excluding carboxylic acids is 4. The van der Waals surface area contributed by atoms with E-state index in [1.54, 1.807) is 0 Å². The Morgan fingerprint density at radius 1 is 0.415 bits per heavy atom. The minimum atomic E-state index is -1.08. The summed E-state index contributed by atoms with van der Waals surface area (Å²) in [6.45, 7) is 8.23. The van der Waals surface area contributed by atoms with Crippen LogP contribution in [-0.4, -0.2) is 97.2 Å². The Morgan fingerprint density at radius 3 is 0.954 bits per heavy atom. The van der Waals surface area contributed by atoms with Gasteiger partial charge in [0.2, 0.25) is 0 Å². The van der Waals surface area contributed by atoms with E-state index in [1.165, 1.54) is 90.9 Å². The summed E-state index contributed by atoms with van der Waals surface area (Å²) in [6.07, 6.45) is 27.3. The van der Waals surface area contributed by atoms with Crippen molar-refractivity contribution in [1.82, 2.24) is 0 Å². The van der Waals surface area contributed by atoms with Gasteiger partial charge in [0.1, 0.15) is 12.2 Å². The number of carboxylic acid groups (broad SMARTS) is 2. The summed E-state index contributed by atoms with van der Waals surface area (Å²) in [7, 11) is 0. The number of unbranched alkanes of at least 4 members (excludes halogenated alkanes) is 16. The third-order valence-corrected chi connectivity index (χ3v) is 11.5. The Kier molecular flexibility index (Phi) is 42.8. The fraction of sp³-hybridized carbons (Fsp3) is 0.704. The molecule has 0 N–H and O–H groups in total. The van der Waals surface area contributed by atoms with Gasteiger partial charge in [-0.1, -0.05) is 177 Å². The van der Waals surface area contributed by atoms with Crippen molar-refractivity contribution in [2.75, 3.05) is 0 Å². The number of benzene rings is 2. The largest absolute Gasteiger partial charge is 2.00 e. The van der Waals surface area contributed by atoms with E-state index in [-0.39, 0.29) is 98.1 Å². The molecule has 0 saturated carbocycles. The van der Waals surface area contributed by atoms with Crippen LogP contribution in [-0.2, 0) is 51.3 Å². The zero-order valence-electron chi connectivity index (χ0n) is 41.1. The number of rotatable bonds is 40. The Balaban J connectivity index is 0.00000124. The molecule has 4 atom stereocenters. The molecule has 0 aliphatic rings. The zero-order valence-corrected chi connectivity index (χ0v) is 45.5. The maximum absolute atomic E-state index is 11.4. The van der Waals surface area contributed by atoms with E-state index < -0.39 is 11.9 Å². The molecule has 0 fully saturated rings. The average Bonchev–Trinajstić information content (AvgIpc) is 3.26. The molecule has 2 aromatic carbocycles. The van der Waals surface area contributed by atoms with Crippen molar-refractivity contribution in [3.63, 3.8) is 0 Å². The van der Waals surface area contributed by atoms with Crippen molar-refractivity contribution in [3.8, 4) is 0 Å². The molecule has 65 heavy (non-hydrogen) atoms. The summed E-state index contributed by atoms with van der Waals surface area (Å²) in [5.41, 5.74) is 2.07. The molecular weight excluding hydrogens is 946 g/mol. The van der Waals surface area contributed by atoms with E-state index in [2.05, 4.69) is 13.8 Å². The van der Waals surface area contributed by atoms with Gasteiger partial charge in [-0.05, 0) is 75.3 Å². The molecule has 11 heteroatoms. The van der Waals surface area contributed by atoms with Crippen LogP contribution >= 0.6 is 0 Å². The fourth-order valence-corrected chi connectivity index (χ4v) is 7.93. The Labute approximate surface area is 434 Å². The molecule has 0 radical (unpaired) electrons. The van der Waals surface area contributed by atoms with Crippen LogP contribution in [0.25, 0.3) is 0 Å². The standard InChI is InChI=1S/2C27H44O5.Ba/c2*1-3-4-5-6-7-8-13-18-25(32-23(2)28)19-14-10-15-20-26(21-27(29)30)31-22-24-16-11-9-12-17-24;/h2*9,11-12,16-17,25-26H,3-8,10,13-15,18-22H2,1-2H3,(H,29,30);/q;;+2/p-2. The van der Waals surface area contributed by atoms with Crippen LogP contribution in [0.15, 0.2) is 60.7 Å². The maximum atomic E-state index is 11.4. The van der Waals surface area contributed by atoms with Crippen LogP contribution in [0.2, 0.25) is 0 Å². The Bertz CT molecular complexity index is 1320. The van der Waals surface area contributed by atoms with Crippen LogP contribution in [0.5, 0.6) is 0 Å². The number of esters is 2. The number of hydrogen-bond acceptors (Lipinski definition) is 10. The van der Waals surface area contributed by atoms with Gasteiger partial charge in [-0.2, -0.15) is 0 Å². The molecule has 0 bridgehead atoms. The number of carboxylic acids is 2. The van der Waals surface area contributed by atoms with Crippen LogP contribution in [0.4, 0.5) is 0 Å². The van der Waals surface area contributed by atoms with E-state index in [9.17, 15) is 29.4 Å². The molecule has 2 rings (SSSR count). The second kappa shape index (κ2) is 44.3. The van der Waals surface area contributed by atoms with Crippen molar-refractivity contribution < 1.29 is 48.3 Å². The molecule has 0 saturated heterocycles. The second-order valence-electron chi connectivity index (χ2n) is 17.5. The van der Waals surface area contributed by atoms with Crippen LogP contribution in [0, 0.1) is 0 Å². The van der Waals surface area contributed by atoms with Crippen molar-refractivity contribution in [2.45, 2.75) is 245 Å². The molecule has 0 amide bonds. The van der Waals surface area contributed by atoms with Crippen LogP contribution in [0.3, 0.4) is 0 Å². The second-order valence-corrected chi connectivity index (χ2v) is 17.5. The van der Waals surface area contributed by atoms with E-state index in [0.717, 1.165) is 88.2 Å². The Hall–Kier alpha value is -2.19. The molecule has 364 valence electrons. The molecule has 0 aliphatic heterocycles. The van der Waals surface area contributed by atoms with E-state index in [0.29, 0.717) is 26.1 Å². The third kappa shape index (κ3) is 40.6. The first-order valence-corrected chi connectivity index (χ1v) is 25.1. The smallest absolute Gasteiger partial charge is 0.550 e. The SMILES string of the molecule is CCCCCCCCCC(CCCCCC(CC(=O)[O-])OCc1ccccc1)OC(C)=O.CCCCCCCCCC(CCCCCC(CC(=O)[O-])OCc1ccccc1)OC(C)=O.[Ba+2]. The summed E-state index contributed by atoms with van der Waals surface area (Å²) in [5.74, 6) is -2.57. The zero-order chi connectivity index (χ0) is 46.9. The van der Waals surface area contributed by atoms with Crippen molar-refractivity contribution in [2.24, 2.45) is 0 Å². The van der Waals surface area contributed by atoms with Crippen molar-refractivity contribution in [1.29, 1.82) is 0 Å². The summed E-state index contributed by atoms with van der Waals surface area (Å²) in [6, 6.07) is 19.5. The van der Waals surface area contributed by atoms with Crippen molar-refractivity contribution >= 4 is 72.8 Å². The third-order valence-electron chi connectivity index (χ3n) is 11.5. The van der Waals surface area contributed by atoms with Gasteiger partial charge in [0, 0.05) is 38.6 Å². The summed E-state index contributed by atoms with van der Waals surface area (Å²) >= 11 is 0. The van der Waals surface area contributed by atoms with Gasteiger partial charge in [0.15, 0.2) is 0 Å². The quantitative estimate of drug-likeness (QED) is 0.0358. The van der Waals surface area contributed by atoms with Crippen molar-refractivity contribution in [3.05, 3.63) is 71.8 Å². The van der Waals surface area contributed by atoms with Crippen LogP contribution in [0.1, 0.15) is 219 Å². The summed E-state index contributed by atoms with van der Waals surface area (Å²) in [5, 5.41) is 22.1. The normalized spacial score (nSPS) is 12.7. The van der Waals surface area contributed by atoms with Gasteiger partial charge in [-0.3, -0.25) is 9.59 Å². The molecule has 2 aromatic rings. The van der Waals surface area contributed by atoms with Crippen LogP contribution < -0.4 is 10.2 Å². The molecular formula is C54H86BaO10. The molecule has 0 heterocycles. The van der Waals surface area contributed by atoms with E-state index in [1.807, 2.05) is 60.7 Å². The number of aliphatic carboxylic acids is 2. The summed E-state index contributed by atoms with van der Waals surface area (Å²) < 4.78 is 22.7. The van der Waals surface area contributed by atoms with Gasteiger partial charge in [-0.15, -0.1) is 0 Å². The Morgan fingerprint density at radius 2 is 0.677 bits per heavy atom. The monoisotopic (exact) mass is 1030 g/mol. The van der Waals surface area contributed by atoms with Gasteiger partial charge in [0.05, 0.1) is 25.4 Å². The average molecular weight is 1030 g/mol. The first-order valence-electron chi connectivity index (χ1n) is 25.1. The minimum Gasteiger partial charge on any atom is -0.550 e. The predicted molar refractivity (Wildman–Crippen MR) is 258 cm³/mol. The molecule has 0 aromatic heterocycles. The minimum absolute atomic E-state index is 0.